The number of rotatable bonds is 4. The first-order valence-corrected chi connectivity index (χ1v) is 10.5. The van der Waals surface area contributed by atoms with Crippen molar-refractivity contribution in [2.24, 2.45) is 0 Å². The van der Waals surface area contributed by atoms with Crippen molar-refractivity contribution in [3.63, 3.8) is 0 Å². The molecule has 0 saturated carbocycles. The highest BCUT2D eigenvalue weighted by Gasteiger charge is 2.20. The van der Waals surface area contributed by atoms with E-state index in [1.807, 2.05) is 12.4 Å². The fraction of sp³-hybridized carbons (Fsp3) is 0.0769. The predicted octanol–water partition coefficient (Wildman–Crippen LogP) is 5.78. The maximum Gasteiger partial charge on any atom is 0.137 e. The van der Waals surface area contributed by atoms with Crippen LogP contribution in [0.15, 0.2) is 85.5 Å². The molecular weight excluding hydrogens is 382 g/mol. The summed E-state index contributed by atoms with van der Waals surface area (Å²) in [5.74, 6) is 1.78. The molecule has 0 unspecified atom stereocenters. The van der Waals surface area contributed by atoms with Crippen LogP contribution >= 0.6 is 0 Å². The average molecular weight is 403 g/mol. The average Bonchev–Trinajstić information content (AvgIpc) is 3.61. The minimum atomic E-state index is 0.889. The summed E-state index contributed by atoms with van der Waals surface area (Å²) in [5, 5.41) is 0. The van der Waals surface area contributed by atoms with Gasteiger partial charge < -0.3 is 15.0 Å². The molecule has 3 N–H and O–H groups in total. The van der Waals surface area contributed by atoms with Crippen molar-refractivity contribution in [1.82, 2.24) is 24.9 Å². The monoisotopic (exact) mass is 403 g/mol. The van der Waals surface area contributed by atoms with Crippen LogP contribution < -0.4 is 0 Å². The number of nitrogens with one attached hydrogen (secondary N) is 3. The van der Waals surface area contributed by atoms with E-state index in [2.05, 4.69) is 85.6 Å². The maximum atomic E-state index is 4.35. The third kappa shape index (κ3) is 3.11. The quantitative estimate of drug-likeness (QED) is 0.333. The molecule has 150 valence electrons. The molecule has 5 heteroatoms. The Labute approximate surface area is 179 Å². The minimum absolute atomic E-state index is 0.889. The van der Waals surface area contributed by atoms with Gasteiger partial charge in [0.05, 0.1) is 0 Å². The van der Waals surface area contributed by atoms with Crippen LogP contribution in [0.4, 0.5) is 0 Å². The molecule has 1 aliphatic carbocycles. The second-order valence-electron chi connectivity index (χ2n) is 7.74. The van der Waals surface area contributed by atoms with Crippen molar-refractivity contribution in [1.29, 1.82) is 0 Å². The lowest BCUT2D eigenvalue weighted by molar-refractivity contribution is 1.12. The Hall–Kier alpha value is -4.12. The molecule has 3 heterocycles. The van der Waals surface area contributed by atoms with Crippen LogP contribution in [-0.2, 0) is 12.8 Å². The number of imidazole rings is 2. The van der Waals surface area contributed by atoms with Crippen LogP contribution in [0.25, 0.3) is 45.3 Å². The van der Waals surface area contributed by atoms with Crippen LogP contribution in [0.3, 0.4) is 0 Å². The Kier molecular flexibility index (Phi) is 4.17. The summed E-state index contributed by atoms with van der Waals surface area (Å²) in [4.78, 5) is 18.8. The first kappa shape index (κ1) is 17.7. The number of H-pyrrole nitrogens is 3. The first-order valence-electron chi connectivity index (χ1n) is 10.5. The van der Waals surface area contributed by atoms with Crippen molar-refractivity contribution < 1.29 is 0 Å². The van der Waals surface area contributed by atoms with Gasteiger partial charge in [-0.2, -0.15) is 0 Å². The van der Waals surface area contributed by atoms with Gasteiger partial charge in [0.1, 0.15) is 11.6 Å². The lowest BCUT2D eigenvalue weighted by Gasteiger charge is -2.10. The summed E-state index contributed by atoms with van der Waals surface area (Å²) in [6.45, 7) is 0. The summed E-state index contributed by atoms with van der Waals surface area (Å²) in [6, 6.07) is 17.2. The van der Waals surface area contributed by atoms with Gasteiger partial charge in [-0.05, 0) is 35.1 Å². The Bertz CT molecular complexity index is 1230. The molecule has 0 atom stereocenters. The third-order valence-electron chi connectivity index (χ3n) is 5.92. The number of nitrogens with zero attached hydrogens (tertiary/aromatic N) is 2. The second-order valence-corrected chi connectivity index (χ2v) is 7.74. The number of hydrogen-bond acceptors (Lipinski definition) is 2. The summed E-state index contributed by atoms with van der Waals surface area (Å²) in [6.07, 6.45) is 13.7. The molecule has 0 saturated heterocycles. The molecule has 3 aromatic heterocycles. The topological polar surface area (TPSA) is 73.2 Å². The van der Waals surface area contributed by atoms with E-state index in [0.29, 0.717) is 0 Å². The molecular formula is C26H21N5. The highest BCUT2D eigenvalue weighted by Crippen LogP contribution is 2.37. The molecule has 5 nitrogen and oxygen atoms in total. The Morgan fingerprint density at radius 2 is 0.968 bits per heavy atom. The van der Waals surface area contributed by atoms with Crippen LogP contribution in [0, 0.1) is 0 Å². The second kappa shape index (κ2) is 7.29. The van der Waals surface area contributed by atoms with E-state index in [4.69, 9.17) is 0 Å². The predicted molar refractivity (Wildman–Crippen MR) is 123 cm³/mol. The van der Waals surface area contributed by atoms with E-state index in [-0.39, 0.29) is 0 Å². The Balaban J connectivity index is 1.40. The third-order valence-corrected chi connectivity index (χ3v) is 5.92. The van der Waals surface area contributed by atoms with E-state index in [9.17, 15) is 0 Å². The molecule has 31 heavy (non-hydrogen) atoms. The van der Waals surface area contributed by atoms with Gasteiger partial charge in [0.15, 0.2) is 0 Å². The fourth-order valence-electron chi connectivity index (χ4n) is 4.36. The lowest BCUT2D eigenvalue weighted by atomic mass is 9.93. The van der Waals surface area contributed by atoms with Gasteiger partial charge in [-0.25, -0.2) is 9.97 Å². The summed E-state index contributed by atoms with van der Waals surface area (Å²) in [5.41, 5.74) is 9.74. The molecule has 2 aromatic carbocycles. The molecule has 0 amide bonds. The number of fused-ring (bicyclic) bond motifs is 1. The number of benzene rings is 2. The minimum Gasteiger partial charge on any atom is -0.354 e. The summed E-state index contributed by atoms with van der Waals surface area (Å²) in [7, 11) is 0. The highest BCUT2D eigenvalue weighted by molar-refractivity contribution is 5.78. The zero-order valence-corrected chi connectivity index (χ0v) is 16.9. The smallest absolute Gasteiger partial charge is 0.137 e. The van der Waals surface area contributed by atoms with Crippen LogP contribution in [0.5, 0.6) is 0 Å². The van der Waals surface area contributed by atoms with Gasteiger partial charge in [0, 0.05) is 47.3 Å². The number of aromatic amines is 3. The molecule has 0 bridgehead atoms. The maximum absolute atomic E-state index is 4.35. The molecule has 1 aliphatic rings. The highest BCUT2D eigenvalue weighted by atomic mass is 14.9. The van der Waals surface area contributed by atoms with Gasteiger partial charge >= 0.3 is 0 Å². The van der Waals surface area contributed by atoms with Gasteiger partial charge in [0.25, 0.3) is 0 Å². The molecule has 0 fully saturated rings. The number of allylic oxidation sites excluding steroid dienone is 2. The normalized spacial score (nSPS) is 12.8. The van der Waals surface area contributed by atoms with Crippen molar-refractivity contribution in [3.8, 4) is 45.3 Å². The van der Waals surface area contributed by atoms with Gasteiger partial charge in [0.2, 0.25) is 0 Å². The van der Waals surface area contributed by atoms with Crippen molar-refractivity contribution in [3.05, 3.63) is 96.6 Å². The molecule has 0 spiro atoms. The molecule has 5 aromatic rings. The largest absolute Gasteiger partial charge is 0.354 e. The lowest BCUT2D eigenvalue weighted by Crippen LogP contribution is -1.96. The van der Waals surface area contributed by atoms with E-state index in [1.54, 1.807) is 12.4 Å². The van der Waals surface area contributed by atoms with E-state index >= 15 is 0 Å². The zero-order chi connectivity index (χ0) is 20.6. The molecule has 0 aliphatic heterocycles. The van der Waals surface area contributed by atoms with Crippen LogP contribution in [0.1, 0.15) is 11.1 Å². The van der Waals surface area contributed by atoms with Crippen molar-refractivity contribution in [2.45, 2.75) is 12.8 Å². The standard InChI is InChI=1S/C26H21N5/c1-2-4-22-21(3-1)23(17-5-9-19(10-6-17)25-27-13-14-28-25)31-24(22)18-7-11-20(12-8-18)26-29-15-16-30-26/h1-2,5-16,31H,3-4H2,(H,27,28)(H,29,30). The Morgan fingerprint density at radius 3 is 1.35 bits per heavy atom. The van der Waals surface area contributed by atoms with Gasteiger partial charge in [-0.1, -0.05) is 60.7 Å². The summed E-state index contributed by atoms with van der Waals surface area (Å²) < 4.78 is 0. The van der Waals surface area contributed by atoms with Crippen molar-refractivity contribution >= 4 is 0 Å². The fourth-order valence-corrected chi connectivity index (χ4v) is 4.36. The van der Waals surface area contributed by atoms with E-state index in [1.165, 1.54) is 33.6 Å². The van der Waals surface area contributed by atoms with Crippen LogP contribution in [-0.4, -0.2) is 24.9 Å². The first-order chi connectivity index (χ1) is 15.4. The Morgan fingerprint density at radius 1 is 0.548 bits per heavy atom. The summed E-state index contributed by atoms with van der Waals surface area (Å²) >= 11 is 0. The van der Waals surface area contributed by atoms with Crippen LogP contribution in [0.2, 0.25) is 0 Å². The van der Waals surface area contributed by atoms with E-state index < -0.39 is 0 Å². The van der Waals surface area contributed by atoms with E-state index in [0.717, 1.165) is 35.6 Å². The van der Waals surface area contributed by atoms with Gasteiger partial charge in [-0.3, -0.25) is 0 Å². The zero-order valence-electron chi connectivity index (χ0n) is 16.9. The number of hydrogen-bond donors (Lipinski definition) is 3. The molecule has 6 rings (SSSR count). The number of aromatic nitrogens is 5. The SMILES string of the molecule is C1=CCc2c(-c3ccc(-c4ncc[nH]4)cc3)[nH]c(-c3ccc(-c4ncc[nH]4)cc3)c2C1. The van der Waals surface area contributed by atoms with Gasteiger partial charge in [-0.15, -0.1) is 0 Å². The van der Waals surface area contributed by atoms with Crippen molar-refractivity contribution in [2.75, 3.05) is 0 Å². The molecule has 0 radical (unpaired) electrons.